The minimum Gasteiger partial charge on any atom is -0.454 e. The van der Waals surface area contributed by atoms with Crippen LogP contribution in [0.25, 0.3) is 0 Å². The Morgan fingerprint density at radius 1 is 0.812 bits per heavy atom. The fraction of sp³-hybridized carbons (Fsp3) is 0. The summed E-state index contributed by atoms with van der Waals surface area (Å²) in [5.41, 5.74) is -1.11. The summed E-state index contributed by atoms with van der Waals surface area (Å²) in [7, 11) is 0. The summed E-state index contributed by atoms with van der Waals surface area (Å²) < 4.78 is 33.0. The van der Waals surface area contributed by atoms with E-state index in [1.807, 2.05) is 0 Å². The van der Waals surface area contributed by atoms with Gasteiger partial charge in [-0.05, 0) is 24.3 Å². The average Bonchev–Trinajstić information content (AvgIpc) is 2.71. The second-order valence-corrected chi connectivity index (χ2v) is 8.05. The number of imide groups is 1. The van der Waals surface area contributed by atoms with Gasteiger partial charge < -0.3 is 10.1 Å². The lowest BCUT2D eigenvalue weighted by molar-refractivity contribution is 0.0959. The van der Waals surface area contributed by atoms with Gasteiger partial charge in [-0.2, -0.15) is 0 Å². The first-order valence-electron chi connectivity index (χ1n) is 8.45. The molecule has 0 aromatic heterocycles. The summed E-state index contributed by atoms with van der Waals surface area (Å²) in [4.78, 5) is 24.2. The van der Waals surface area contributed by atoms with Crippen molar-refractivity contribution in [2.24, 2.45) is 0 Å². The highest BCUT2D eigenvalue weighted by molar-refractivity contribution is 6.47. The fourth-order valence-electron chi connectivity index (χ4n) is 2.46. The van der Waals surface area contributed by atoms with Gasteiger partial charge in [0.15, 0.2) is 0 Å². The number of benzene rings is 3. The van der Waals surface area contributed by atoms with Gasteiger partial charge in [0, 0.05) is 17.2 Å². The van der Waals surface area contributed by atoms with Crippen LogP contribution >= 0.6 is 58.0 Å². The van der Waals surface area contributed by atoms with Crippen molar-refractivity contribution in [2.45, 2.75) is 0 Å². The molecule has 0 heterocycles. The van der Waals surface area contributed by atoms with E-state index in [9.17, 15) is 18.4 Å². The molecule has 5 nitrogen and oxygen atoms in total. The molecule has 3 aromatic rings. The number of nitrogens with one attached hydrogen (secondary N) is 2. The highest BCUT2D eigenvalue weighted by Gasteiger charge is 2.22. The van der Waals surface area contributed by atoms with Crippen LogP contribution in [0.15, 0.2) is 42.5 Å². The van der Waals surface area contributed by atoms with Crippen LogP contribution in [0.4, 0.5) is 19.3 Å². The van der Waals surface area contributed by atoms with E-state index in [4.69, 9.17) is 62.7 Å². The Kier molecular flexibility index (Phi) is 7.69. The summed E-state index contributed by atoms with van der Waals surface area (Å²) in [6.07, 6.45) is 0. The topological polar surface area (TPSA) is 67.4 Å². The molecule has 0 saturated heterocycles. The lowest BCUT2D eigenvalue weighted by Gasteiger charge is -2.15. The van der Waals surface area contributed by atoms with Crippen molar-refractivity contribution in [3.63, 3.8) is 0 Å². The van der Waals surface area contributed by atoms with E-state index in [1.54, 1.807) is 11.4 Å². The molecule has 0 unspecified atom stereocenters. The molecule has 2 N–H and O–H groups in total. The van der Waals surface area contributed by atoms with Crippen molar-refractivity contribution >= 4 is 75.6 Å². The SMILES string of the molecule is O=C(NC(=O)c1c(F)cccc1F)Nc1c(Cl)cc(Oc2cc(Cl)ccc2Cl)c(Cl)c1Cl. The normalized spacial score (nSPS) is 10.6. The summed E-state index contributed by atoms with van der Waals surface area (Å²) in [6, 6.07) is 7.39. The Morgan fingerprint density at radius 3 is 2.12 bits per heavy atom. The Bertz CT molecular complexity index is 1220. The standard InChI is InChI=1S/C20H9Cl5F2N2O3/c21-8-4-5-9(22)13(6-8)32-14-7-10(23)18(17(25)16(14)24)28-20(31)29-19(30)15-11(26)2-1-3-12(15)27/h1-7H,(H2,28,29,30,31). The van der Waals surface area contributed by atoms with Crippen LogP contribution in [0.1, 0.15) is 10.4 Å². The number of hydrogen-bond acceptors (Lipinski definition) is 3. The Hall–Kier alpha value is -2.29. The first-order valence-corrected chi connectivity index (χ1v) is 10.3. The maximum absolute atomic E-state index is 13.7. The molecule has 3 aromatic carbocycles. The number of halogens is 7. The van der Waals surface area contributed by atoms with E-state index >= 15 is 0 Å². The predicted octanol–water partition coefficient (Wildman–Crippen LogP) is 7.99. The number of urea groups is 1. The number of hydrogen-bond donors (Lipinski definition) is 2. The largest absolute Gasteiger partial charge is 0.454 e. The van der Waals surface area contributed by atoms with Gasteiger partial charge in [0.25, 0.3) is 5.91 Å². The molecule has 0 aliphatic heterocycles. The highest BCUT2D eigenvalue weighted by atomic mass is 35.5. The molecule has 12 heteroatoms. The van der Waals surface area contributed by atoms with Crippen molar-refractivity contribution in [2.75, 3.05) is 5.32 Å². The molecule has 32 heavy (non-hydrogen) atoms. The predicted molar refractivity (Wildman–Crippen MR) is 121 cm³/mol. The maximum atomic E-state index is 13.7. The highest BCUT2D eigenvalue weighted by Crippen LogP contribution is 2.45. The number of anilines is 1. The lowest BCUT2D eigenvalue weighted by atomic mass is 10.2. The first kappa shape index (κ1) is 24.4. The van der Waals surface area contributed by atoms with Crippen LogP contribution in [0, 0.1) is 11.6 Å². The molecule has 0 aliphatic carbocycles. The molecule has 3 amide bonds. The van der Waals surface area contributed by atoms with Gasteiger partial charge in [0.1, 0.15) is 33.7 Å². The van der Waals surface area contributed by atoms with Crippen LogP contribution in [-0.2, 0) is 0 Å². The minimum absolute atomic E-state index is 0.00120. The third-order valence-corrected chi connectivity index (χ3v) is 5.59. The third-order valence-electron chi connectivity index (χ3n) is 3.89. The van der Waals surface area contributed by atoms with Crippen molar-refractivity contribution in [3.8, 4) is 11.5 Å². The molecule has 0 fully saturated rings. The molecule has 0 atom stereocenters. The lowest BCUT2D eigenvalue weighted by Crippen LogP contribution is -2.35. The van der Waals surface area contributed by atoms with Crippen LogP contribution < -0.4 is 15.4 Å². The van der Waals surface area contributed by atoms with Gasteiger partial charge in [-0.25, -0.2) is 13.6 Å². The van der Waals surface area contributed by atoms with E-state index < -0.39 is 29.1 Å². The van der Waals surface area contributed by atoms with Crippen molar-refractivity contribution in [1.82, 2.24) is 5.32 Å². The molecule has 3 rings (SSSR count). The smallest absolute Gasteiger partial charge is 0.326 e. The Morgan fingerprint density at radius 2 is 1.47 bits per heavy atom. The molecule has 0 bridgehead atoms. The monoisotopic (exact) mass is 538 g/mol. The van der Waals surface area contributed by atoms with Gasteiger partial charge >= 0.3 is 6.03 Å². The number of amides is 3. The van der Waals surface area contributed by atoms with Gasteiger partial charge in [0.2, 0.25) is 0 Å². The van der Waals surface area contributed by atoms with Crippen LogP contribution in [0.5, 0.6) is 11.5 Å². The quantitative estimate of drug-likeness (QED) is 0.330. The Labute approximate surface area is 205 Å². The summed E-state index contributed by atoms with van der Waals surface area (Å²) in [5.74, 6) is -3.43. The molecule has 0 radical (unpaired) electrons. The molecule has 166 valence electrons. The molecule has 0 aliphatic rings. The van der Waals surface area contributed by atoms with E-state index in [1.165, 1.54) is 18.2 Å². The maximum Gasteiger partial charge on any atom is 0.326 e. The van der Waals surface area contributed by atoms with E-state index in [0.717, 1.165) is 18.2 Å². The van der Waals surface area contributed by atoms with Crippen molar-refractivity contribution < 1.29 is 23.1 Å². The average molecular weight is 541 g/mol. The minimum atomic E-state index is -1.31. The number of carbonyl (C=O) groups is 2. The van der Waals surface area contributed by atoms with E-state index in [-0.39, 0.29) is 37.3 Å². The van der Waals surface area contributed by atoms with Gasteiger partial charge in [-0.1, -0.05) is 64.1 Å². The fourth-order valence-corrected chi connectivity index (χ4v) is 3.50. The second-order valence-electron chi connectivity index (χ2n) is 6.04. The number of ether oxygens (including phenoxy) is 1. The van der Waals surface area contributed by atoms with Crippen LogP contribution in [0.3, 0.4) is 0 Å². The molecular formula is C20H9Cl5F2N2O3. The van der Waals surface area contributed by atoms with Crippen molar-refractivity contribution in [1.29, 1.82) is 0 Å². The molecular weight excluding hydrogens is 531 g/mol. The Balaban J connectivity index is 1.81. The zero-order chi connectivity index (χ0) is 23.6. The van der Waals surface area contributed by atoms with Crippen LogP contribution in [0.2, 0.25) is 25.1 Å². The van der Waals surface area contributed by atoms with Crippen molar-refractivity contribution in [3.05, 3.63) is 84.8 Å². The van der Waals surface area contributed by atoms with Gasteiger partial charge in [-0.15, -0.1) is 0 Å². The number of rotatable bonds is 4. The third kappa shape index (κ3) is 5.36. The molecule has 0 spiro atoms. The molecule has 0 saturated carbocycles. The van der Waals surface area contributed by atoms with Gasteiger partial charge in [0.05, 0.1) is 20.8 Å². The van der Waals surface area contributed by atoms with Crippen LogP contribution in [-0.4, -0.2) is 11.9 Å². The van der Waals surface area contributed by atoms with E-state index in [2.05, 4.69) is 5.32 Å². The van der Waals surface area contributed by atoms with Gasteiger partial charge in [-0.3, -0.25) is 10.1 Å². The zero-order valence-corrected chi connectivity index (χ0v) is 19.2. The summed E-state index contributed by atoms with van der Waals surface area (Å²) in [5, 5.41) is 4.07. The van der Waals surface area contributed by atoms with E-state index in [0.29, 0.717) is 5.02 Å². The summed E-state index contributed by atoms with van der Waals surface area (Å²) in [6.45, 7) is 0. The second kappa shape index (κ2) is 10.1. The summed E-state index contributed by atoms with van der Waals surface area (Å²) >= 11 is 30.5. The first-order chi connectivity index (χ1) is 15.1. The number of carbonyl (C=O) groups excluding carboxylic acids is 2. The zero-order valence-electron chi connectivity index (χ0n) is 15.4.